The predicted octanol–water partition coefficient (Wildman–Crippen LogP) is 2.38. The van der Waals surface area contributed by atoms with Gasteiger partial charge in [-0.1, -0.05) is 28.1 Å². The van der Waals surface area contributed by atoms with Crippen molar-refractivity contribution in [2.24, 2.45) is 0 Å². The van der Waals surface area contributed by atoms with Crippen molar-refractivity contribution in [2.45, 2.75) is 6.54 Å². The number of hydrogen-bond donors (Lipinski definition) is 1. The maximum Gasteiger partial charge on any atom is 0.240 e. The van der Waals surface area contributed by atoms with Crippen molar-refractivity contribution in [3.05, 3.63) is 65.0 Å². The van der Waals surface area contributed by atoms with Gasteiger partial charge in [0.2, 0.25) is 12.3 Å². The third-order valence-electron chi connectivity index (χ3n) is 3.46. The van der Waals surface area contributed by atoms with E-state index in [1.165, 1.54) is 4.90 Å². The van der Waals surface area contributed by atoms with Crippen LogP contribution >= 0.6 is 15.9 Å². The van der Waals surface area contributed by atoms with Crippen molar-refractivity contribution in [3.8, 4) is 0 Å². The van der Waals surface area contributed by atoms with E-state index >= 15 is 0 Å². The molecule has 0 saturated carbocycles. The van der Waals surface area contributed by atoms with Crippen LogP contribution in [-0.2, 0) is 16.1 Å². The summed E-state index contributed by atoms with van der Waals surface area (Å²) in [5.74, 6) is -0.251. The summed E-state index contributed by atoms with van der Waals surface area (Å²) in [4.78, 5) is 29.1. The zero-order valence-corrected chi connectivity index (χ0v) is 14.3. The molecule has 3 aromatic rings. The molecule has 0 atom stereocenters. The molecule has 0 aliphatic carbocycles. The van der Waals surface area contributed by atoms with Crippen LogP contribution in [0.3, 0.4) is 0 Å². The monoisotopic (exact) mass is 386 g/mol. The Kier molecular flexibility index (Phi) is 4.90. The largest absolute Gasteiger partial charge is 0.349 e. The number of fused-ring (bicyclic) bond motifs is 1. The number of nitrogens with one attached hydrogen (secondary N) is 1. The second-order valence-electron chi connectivity index (χ2n) is 5.19. The third-order valence-corrected chi connectivity index (χ3v) is 3.95. The number of anilines is 1. The molecule has 0 bridgehead atoms. The highest BCUT2D eigenvalue weighted by molar-refractivity contribution is 9.10. The fraction of sp³-hybridized carbons (Fsp3) is 0.118. The summed E-state index contributed by atoms with van der Waals surface area (Å²) >= 11 is 3.35. The molecule has 3 rings (SSSR count). The van der Waals surface area contributed by atoms with Gasteiger partial charge in [-0.25, -0.2) is 4.98 Å². The third kappa shape index (κ3) is 3.80. The van der Waals surface area contributed by atoms with Gasteiger partial charge in [-0.2, -0.15) is 0 Å². The molecule has 2 amide bonds. The molecule has 0 aliphatic rings. The molecule has 24 heavy (non-hydrogen) atoms. The average molecular weight is 387 g/mol. The van der Waals surface area contributed by atoms with Crippen molar-refractivity contribution < 1.29 is 9.59 Å². The summed E-state index contributed by atoms with van der Waals surface area (Å²) in [5.41, 5.74) is 2.24. The normalized spacial score (nSPS) is 10.5. The van der Waals surface area contributed by atoms with Crippen LogP contribution in [0.4, 0.5) is 5.69 Å². The number of imidazole rings is 1. The molecule has 0 aliphatic heterocycles. The summed E-state index contributed by atoms with van der Waals surface area (Å²) in [6.45, 7) is 0.263. The van der Waals surface area contributed by atoms with Gasteiger partial charge < -0.3 is 14.6 Å². The van der Waals surface area contributed by atoms with Gasteiger partial charge in [-0.3, -0.25) is 9.59 Å². The molecular weight excluding hydrogens is 372 g/mol. The van der Waals surface area contributed by atoms with E-state index in [0.717, 1.165) is 15.8 Å². The minimum atomic E-state index is -0.251. The van der Waals surface area contributed by atoms with Crippen molar-refractivity contribution in [2.75, 3.05) is 11.4 Å². The van der Waals surface area contributed by atoms with Crippen LogP contribution in [0.2, 0.25) is 0 Å². The number of halogens is 1. The lowest BCUT2D eigenvalue weighted by molar-refractivity contribution is -0.121. The van der Waals surface area contributed by atoms with E-state index in [4.69, 9.17) is 0 Å². The highest BCUT2D eigenvalue weighted by Crippen LogP contribution is 2.18. The second kappa shape index (κ2) is 7.27. The minimum absolute atomic E-state index is 0.0483. The van der Waals surface area contributed by atoms with Gasteiger partial charge in [0.15, 0.2) is 0 Å². The van der Waals surface area contributed by atoms with Crippen LogP contribution in [0, 0.1) is 0 Å². The predicted molar refractivity (Wildman–Crippen MR) is 94.6 cm³/mol. The quantitative estimate of drug-likeness (QED) is 0.661. The summed E-state index contributed by atoms with van der Waals surface area (Å²) in [5, 5.41) is 2.78. The highest BCUT2D eigenvalue weighted by atomic mass is 79.9. The standard InChI is InChI=1S/C17H15BrN4O2/c18-13-4-3-5-15(8-13)22(12-23)11-17(24)19-9-14-10-21-7-2-1-6-16(21)20-14/h1-8,10,12H,9,11H2,(H,19,24). The zero-order chi connectivity index (χ0) is 16.9. The van der Waals surface area contributed by atoms with Crippen LogP contribution in [0.15, 0.2) is 59.3 Å². The number of benzene rings is 1. The van der Waals surface area contributed by atoms with Gasteiger partial charge in [0.1, 0.15) is 12.2 Å². The van der Waals surface area contributed by atoms with E-state index in [-0.39, 0.29) is 12.5 Å². The van der Waals surface area contributed by atoms with E-state index in [0.29, 0.717) is 18.6 Å². The van der Waals surface area contributed by atoms with Crippen LogP contribution in [0.25, 0.3) is 5.65 Å². The van der Waals surface area contributed by atoms with Gasteiger partial charge in [-0.05, 0) is 30.3 Å². The molecule has 1 N–H and O–H groups in total. The number of amides is 2. The Hall–Kier alpha value is -2.67. The Bertz CT molecular complexity index is 845. The molecule has 0 unspecified atom stereocenters. The van der Waals surface area contributed by atoms with Crippen molar-refractivity contribution in [1.82, 2.24) is 14.7 Å². The number of carbonyl (C=O) groups is 2. The average Bonchev–Trinajstić information content (AvgIpc) is 3.01. The molecule has 2 heterocycles. The maximum atomic E-state index is 12.1. The first-order chi connectivity index (χ1) is 11.7. The molecule has 1 aromatic carbocycles. The fourth-order valence-electron chi connectivity index (χ4n) is 2.32. The van der Waals surface area contributed by atoms with Gasteiger partial charge in [0.25, 0.3) is 0 Å². The van der Waals surface area contributed by atoms with E-state index in [1.54, 1.807) is 12.1 Å². The fourth-order valence-corrected chi connectivity index (χ4v) is 2.70. The number of rotatable bonds is 6. The molecule has 0 saturated heterocycles. The molecule has 0 radical (unpaired) electrons. The van der Waals surface area contributed by atoms with Gasteiger partial charge in [0, 0.05) is 22.6 Å². The van der Waals surface area contributed by atoms with E-state index in [2.05, 4.69) is 26.2 Å². The van der Waals surface area contributed by atoms with Crippen LogP contribution in [0.1, 0.15) is 5.69 Å². The Morgan fingerprint density at radius 2 is 2.17 bits per heavy atom. The first-order valence-corrected chi connectivity index (χ1v) is 8.12. The van der Waals surface area contributed by atoms with E-state index in [1.807, 2.05) is 47.1 Å². The topological polar surface area (TPSA) is 66.7 Å². The van der Waals surface area contributed by atoms with Crippen molar-refractivity contribution in [3.63, 3.8) is 0 Å². The molecule has 6 nitrogen and oxygen atoms in total. The summed E-state index contributed by atoms with van der Waals surface area (Å²) in [6, 6.07) is 12.9. The molecule has 2 aromatic heterocycles. The highest BCUT2D eigenvalue weighted by Gasteiger charge is 2.11. The lowest BCUT2D eigenvalue weighted by Crippen LogP contribution is -2.36. The molecular formula is C17H15BrN4O2. The van der Waals surface area contributed by atoms with Crippen LogP contribution in [0.5, 0.6) is 0 Å². The number of pyridine rings is 1. The Labute approximate surface area is 147 Å². The van der Waals surface area contributed by atoms with Crippen molar-refractivity contribution >= 4 is 39.6 Å². The molecule has 122 valence electrons. The van der Waals surface area contributed by atoms with Crippen LogP contribution in [-0.4, -0.2) is 28.2 Å². The molecule has 0 spiro atoms. The van der Waals surface area contributed by atoms with Gasteiger partial charge >= 0.3 is 0 Å². The first kappa shape index (κ1) is 16.2. The summed E-state index contributed by atoms with van der Waals surface area (Å²) < 4.78 is 2.73. The Balaban J connectivity index is 1.61. The number of hydrogen-bond acceptors (Lipinski definition) is 3. The Morgan fingerprint density at radius 3 is 2.92 bits per heavy atom. The van der Waals surface area contributed by atoms with E-state index in [9.17, 15) is 9.59 Å². The lowest BCUT2D eigenvalue weighted by atomic mass is 10.3. The van der Waals surface area contributed by atoms with Gasteiger partial charge in [0.05, 0.1) is 12.2 Å². The number of nitrogens with zero attached hydrogens (tertiary/aromatic N) is 3. The lowest BCUT2D eigenvalue weighted by Gasteiger charge is -2.17. The minimum Gasteiger partial charge on any atom is -0.349 e. The molecule has 0 fully saturated rings. The van der Waals surface area contributed by atoms with Crippen molar-refractivity contribution in [1.29, 1.82) is 0 Å². The summed E-state index contributed by atoms with van der Waals surface area (Å²) in [6.07, 6.45) is 4.41. The zero-order valence-electron chi connectivity index (χ0n) is 12.7. The maximum absolute atomic E-state index is 12.1. The smallest absolute Gasteiger partial charge is 0.240 e. The first-order valence-electron chi connectivity index (χ1n) is 7.32. The van der Waals surface area contributed by atoms with Crippen LogP contribution < -0.4 is 10.2 Å². The number of carbonyl (C=O) groups excluding carboxylic acids is 2. The molecule has 7 heteroatoms. The summed E-state index contributed by atoms with van der Waals surface area (Å²) in [7, 11) is 0. The Morgan fingerprint density at radius 1 is 1.29 bits per heavy atom. The van der Waals surface area contributed by atoms with E-state index < -0.39 is 0 Å². The SMILES string of the molecule is O=CN(CC(=O)NCc1cn2ccccc2n1)c1cccc(Br)c1. The second-order valence-corrected chi connectivity index (χ2v) is 6.10. The number of aromatic nitrogens is 2. The van der Waals surface area contributed by atoms with Gasteiger partial charge in [-0.15, -0.1) is 0 Å².